The molecule has 0 fully saturated rings. The SMILES string of the molecule is CO[C@H]1C=Cc2cc3c(cc2[C@@H]1O)OCO3. The van der Waals surface area contributed by atoms with Crippen LogP contribution in [0.5, 0.6) is 11.5 Å². The number of hydrogen-bond acceptors (Lipinski definition) is 4. The summed E-state index contributed by atoms with van der Waals surface area (Å²) in [5.74, 6) is 1.41. The Balaban J connectivity index is 2.09. The second-order valence-corrected chi connectivity index (χ2v) is 3.84. The average Bonchev–Trinajstić information content (AvgIpc) is 2.74. The molecule has 0 radical (unpaired) electrons. The van der Waals surface area contributed by atoms with Crippen LogP contribution in [0.1, 0.15) is 17.2 Å². The van der Waals surface area contributed by atoms with Crippen LogP contribution in [-0.2, 0) is 4.74 Å². The molecule has 0 bridgehead atoms. The number of aliphatic hydroxyl groups excluding tert-OH is 1. The van der Waals surface area contributed by atoms with Crippen LogP contribution in [0.2, 0.25) is 0 Å². The van der Waals surface area contributed by atoms with Gasteiger partial charge < -0.3 is 19.3 Å². The molecule has 3 rings (SSSR count). The van der Waals surface area contributed by atoms with Gasteiger partial charge in [0.1, 0.15) is 12.2 Å². The summed E-state index contributed by atoms with van der Waals surface area (Å²) in [5, 5.41) is 10.1. The van der Waals surface area contributed by atoms with E-state index in [2.05, 4.69) is 0 Å². The number of hydrogen-bond donors (Lipinski definition) is 1. The molecule has 0 amide bonds. The standard InChI is InChI=1S/C12H12O4/c1-14-9-3-2-7-4-10-11(16-6-15-10)5-8(7)12(9)13/h2-5,9,12-13H,6H2,1H3/t9-,12-/m0/s1. The van der Waals surface area contributed by atoms with E-state index in [1.807, 2.05) is 24.3 Å². The molecule has 4 heteroatoms. The van der Waals surface area contributed by atoms with Crippen LogP contribution in [0.3, 0.4) is 0 Å². The lowest BCUT2D eigenvalue weighted by Gasteiger charge is -2.24. The smallest absolute Gasteiger partial charge is 0.231 e. The Morgan fingerprint density at radius 1 is 1.31 bits per heavy atom. The van der Waals surface area contributed by atoms with E-state index in [0.29, 0.717) is 5.75 Å². The summed E-state index contributed by atoms with van der Waals surface area (Å²) in [6.45, 7) is 0.242. The van der Waals surface area contributed by atoms with Gasteiger partial charge in [-0.25, -0.2) is 0 Å². The van der Waals surface area contributed by atoms with Gasteiger partial charge in [0.15, 0.2) is 11.5 Å². The van der Waals surface area contributed by atoms with Gasteiger partial charge in [-0.15, -0.1) is 0 Å². The third-order valence-electron chi connectivity index (χ3n) is 2.95. The Morgan fingerprint density at radius 2 is 2.06 bits per heavy atom. The van der Waals surface area contributed by atoms with Crippen molar-refractivity contribution in [3.05, 3.63) is 29.3 Å². The molecule has 0 aromatic heterocycles. The van der Waals surface area contributed by atoms with Crippen LogP contribution in [0, 0.1) is 0 Å². The van der Waals surface area contributed by atoms with Crippen molar-refractivity contribution in [2.45, 2.75) is 12.2 Å². The van der Waals surface area contributed by atoms with E-state index in [0.717, 1.165) is 16.9 Å². The fraction of sp³-hybridized carbons (Fsp3) is 0.333. The van der Waals surface area contributed by atoms with Gasteiger partial charge in [0.25, 0.3) is 0 Å². The van der Waals surface area contributed by atoms with Gasteiger partial charge in [-0.1, -0.05) is 12.2 Å². The minimum absolute atomic E-state index is 0.242. The maximum absolute atomic E-state index is 10.1. The minimum Gasteiger partial charge on any atom is -0.454 e. The summed E-state index contributed by atoms with van der Waals surface area (Å²) in [5.41, 5.74) is 1.77. The van der Waals surface area contributed by atoms with Gasteiger partial charge in [-0.3, -0.25) is 0 Å². The van der Waals surface area contributed by atoms with Crippen LogP contribution in [0.15, 0.2) is 18.2 Å². The Kier molecular flexibility index (Phi) is 2.12. The van der Waals surface area contributed by atoms with Crippen molar-refractivity contribution < 1.29 is 19.3 Å². The van der Waals surface area contributed by atoms with E-state index in [1.54, 1.807) is 7.11 Å². The first-order chi connectivity index (χ1) is 7.79. The van der Waals surface area contributed by atoms with Crippen LogP contribution in [0.4, 0.5) is 0 Å². The van der Waals surface area contributed by atoms with Crippen molar-refractivity contribution >= 4 is 6.08 Å². The van der Waals surface area contributed by atoms with Crippen LogP contribution < -0.4 is 9.47 Å². The zero-order chi connectivity index (χ0) is 11.1. The van der Waals surface area contributed by atoms with E-state index in [9.17, 15) is 5.11 Å². The van der Waals surface area contributed by atoms with Crippen molar-refractivity contribution in [3.8, 4) is 11.5 Å². The summed E-state index contributed by atoms with van der Waals surface area (Å²) < 4.78 is 15.7. The van der Waals surface area contributed by atoms with Gasteiger partial charge in [0, 0.05) is 7.11 Å². The largest absolute Gasteiger partial charge is 0.454 e. The Labute approximate surface area is 93.1 Å². The molecule has 1 heterocycles. The normalized spacial score (nSPS) is 25.6. The minimum atomic E-state index is -0.653. The highest BCUT2D eigenvalue weighted by atomic mass is 16.7. The predicted molar refractivity (Wildman–Crippen MR) is 57.4 cm³/mol. The first-order valence-electron chi connectivity index (χ1n) is 5.12. The third kappa shape index (κ3) is 1.31. The number of methoxy groups -OCH3 is 1. The molecule has 1 aliphatic carbocycles. The van der Waals surface area contributed by atoms with Gasteiger partial charge in [-0.05, 0) is 23.3 Å². The van der Waals surface area contributed by atoms with Crippen molar-refractivity contribution in [3.63, 3.8) is 0 Å². The fourth-order valence-electron chi connectivity index (χ4n) is 2.06. The number of rotatable bonds is 1. The lowest BCUT2D eigenvalue weighted by Crippen LogP contribution is -2.21. The van der Waals surface area contributed by atoms with Crippen molar-refractivity contribution in [2.75, 3.05) is 13.9 Å². The maximum atomic E-state index is 10.1. The van der Waals surface area contributed by atoms with Crippen LogP contribution in [-0.4, -0.2) is 25.1 Å². The zero-order valence-corrected chi connectivity index (χ0v) is 8.84. The number of ether oxygens (including phenoxy) is 3. The molecule has 1 N–H and O–H groups in total. The van der Waals surface area contributed by atoms with Gasteiger partial charge >= 0.3 is 0 Å². The molecule has 0 saturated heterocycles. The quantitative estimate of drug-likeness (QED) is 0.779. The van der Waals surface area contributed by atoms with E-state index in [-0.39, 0.29) is 12.9 Å². The van der Waals surface area contributed by atoms with Gasteiger partial charge in [-0.2, -0.15) is 0 Å². The molecule has 2 aliphatic rings. The second kappa shape index (κ2) is 3.50. The molecule has 2 atom stereocenters. The number of benzene rings is 1. The van der Waals surface area contributed by atoms with Crippen molar-refractivity contribution in [1.82, 2.24) is 0 Å². The predicted octanol–water partition coefficient (Wildman–Crippen LogP) is 1.49. The molecule has 16 heavy (non-hydrogen) atoms. The second-order valence-electron chi connectivity index (χ2n) is 3.84. The summed E-state index contributed by atoms with van der Waals surface area (Å²) >= 11 is 0. The van der Waals surface area contributed by atoms with Crippen molar-refractivity contribution in [1.29, 1.82) is 0 Å². The highest BCUT2D eigenvalue weighted by Gasteiger charge is 2.27. The maximum Gasteiger partial charge on any atom is 0.231 e. The molecule has 1 aliphatic heterocycles. The molecule has 0 saturated carbocycles. The topological polar surface area (TPSA) is 47.9 Å². The summed E-state index contributed by atoms with van der Waals surface area (Å²) in [6, 6.07) is 3.70. The molecular formula is C12H12O4. The third-order valence-corrected chi connectivity index (χ3v) is 2.95. The van der Waals surface area contributed by atoms with Crippen LogP contribution in [0.25, 0.3) is 6.08 Å². The summed E-state index contributed by atoms with van der Waals surface area (Å²) in [6.07, 6.45) is 2.82. The van der Waals surface area contributed by atoms with Crippen molar-refractivity contribution in [2.24, 2.45) is 0 Å². The average molecular weight is 220 g/mol. The lowest BCUT2D eigenvalue weighted by molar-refractivity contribution is 0.0149. The molecule has 1 aromatic rings. The monoisotopic (exact) mass is 220 g/mol. The first-order valence-corrected chi connectivity index (χ1v) is 5.12. The van der Waals surface area contributed by atoms with E-state index < -0.39 is 6.10 Å². The lowest BCUT2D eigenvalue weighted by atomic mass is 9.92. The fourth-order valence-corrected chi connectivity index (χ4v) is 2.06. The molecule has 0 unspecified atom stereocenters. The number of fused-ring (bicyclic) bond motifs is 2. The summed E-state index contributed by atoms with van der Waals surface area (Å²) in [4.78, 5) is 0. The molecule has 0 spiro atoms. The Bertz CT molecular complexity index is 453. The zero-order valence-electron chi connectivity index (χ0n) is 8.84. The Morgan fingerprint density at radius 3 is 2.81 bits per heavy atom. The van der Waals surface area contributed by atoms with Gasteiger partial charge in [0.05, 0.1) is 0 Å². The Hall–Kier alpha value is -1.52. The molecule has 1 aromatic carbocycles. The summed E-state index contributed by atoms with van der Waals surface area (Å²) in [7, 11) is 1.58. The number of aliphatic hydroxyl groups is 1. The highest BCUT2D eigenvalue weighted by Crippen LogP contribution is 2.40. The molecule has 84 valence electrons. The van der Waals surface area contributed by atoms with Crippen LogP contribution >= 0.6 is 0 Å². The molecular weight excluding hydrogens is 208 g/mol. The van der Waals surface area contributed by atoms with E-state index in [1.165, 1.54) is 0 Å². The van der Waals surface area contributed by atoms with E-state index in [4.69, 9.17) is 14.2 Å². The van der Waals surface area contributed by atoms with E-state index >= 15 is 0 Å². The first kappa shape index (κ1) is 9.69. The highest BCUT2D eigenvalue weighted by molar-refractivity contribution is 5.64. The van der Waals surface area contributed by atoms with Gasteiger partial charge in [0.2, 0.25) is 6.79 Å². The molecule has 4 nitrogen and oxygen atoms in total.